The minimum absolute atomic E-state index is 0.0182. The van der Waals surface area contributed by atoms with Gasteiger partial charge < -0.3 is 9.84 Å². The van der Waals surface area contributed by atoms with Crippen LogP contribution in [-0.2, 0) is 13.2 Å². The SMILES string of the molecule is O=[N+]([O-])c1cccc(COc2c(F)cccc2CO)c1. The van der Waals surface area contributed by atoms with E-state index in [2.05, 4.69) is 0 Å². The summed E-state index contributed by atoms with van der Waals surface area (Å²) < 4.78 is 18.9. The van der Waals surface area contributed by atoms with Gasteiger partial charge in [0.2, 0.25) is 0 Å². The molecule has 0 heterocycles. The largest absolute Gasteiger partial charge is 0.485 e. The molecule has 0 bridgehead atoms. The van der Waals surface area contributed by atoms with Crippen LogP contribution in [0.25, 0.3) is 0 Å². The maximum absolute atomic E-state index is 13.6. The molecule has 0 aliphatic heterocycles. The van der Waals surface area contributed by atoms with Crippen molar-refractivity contribution in [1.82, 2.24) is 0 Å². The van der Waals surface area contributed by atoms with E-state index in [1.165, 1.54) is 30.3 Å². The van der Waals surface area contributed by atoms with Crippen molar-refractivity contribution in [1.29, 1.82) is 0 Å². The average molecular weight is 277 g/mol. The minimum atomic E-state index is -0.581. The number of non-ortho nitro benzene ring substituents is 1. The Labute approximate surface area is 114 Å². The molecule has 0 aromatic heterocycles. The van der Waals surface area contributed by atoms with Gasteiger partial charge in [0.1, 0.15) is 6.61 Å². The van der Waals surface area contributed by atoms with Crippen molar-refractivity contribution in [3.63, 3.8) is 0 Å². The predicted molar refractivity (Wildman–Crippen MR) is 69.8 cm³/mol. The van der Waals surface area contributed by atoms with Crippen LogP contribution in [-0.4, -0.2) is 10.0 Å². The van der Waals surface area contributed by atoms with E-state index >= 15 is 0 Å². The number of nitrogens with zero attached hydrogens (tertiary/aromatic N) is 1. The highest BCUT2D eigenvalue weighted by Crippen LogP contribution is 2.24. The van der Waals surface area contributed by atoms with Crippen molar-refractivity contribution >= 4 is 5.69 Å². The summed E-state index contributed by atoms with van der Waals surface area (Å²) in [5, 5.41) is 19.8. The monoisotopic (exact) mass is 277 g/mol. The molecule has 0 atom stereocenters. The molecule has 0 aliphatic rings. The molecule has 0 saturated carbocycles. The molecule has 2 rings (SSSR count). The standard InChI is InChI=1S/C14H12FNO4/c15-13-6-2-4-11(8-17)14(13)20-9-10-3-1-5-12(7-10)16(18)19/h1-7,17H,8-9H2. The Hall–Kier alpha value is -2.47. The lowest BCUT2D eigenvalue weighted by molar-refractivity contribution is -0.384. The molecule has 6 heteroatoms. The third-order valence-corrected chi connectivity index (χ3v) is 2.72. The molecule has 1 N–H and O–H groups in total. The summed E-state index contributed by atoms with van der Waals surface area (Å²) in [6.45, 7) is -0.363. The number of hydrogen-bond donors (Lipinski definition) is 1. The normalized spacial score (nSPS) is 10.3. The Morgan fingerprint density at radius 1 is 1.25 bits per heavy atom. The summed E-state index contributed by atoms with van der Waals surface area (Å²) in [7, 11) is 0. The molecule has 5 nitrogen and oxygen atoms in total. The third kappa shape index (κ3) is 3.10. The number of rotatable bonds is 5. The Bertz CT molecular complexity index is 630. The fourth-order valence-corrected chi connectivity index (χ4v) is 1.75. The first kappa shape index (κ1) is 14.0. The topological polar surface area (TPSA) is 72.6 Å². The van der Waals surface area contributed by atoms with E-state index in [-0.39, 0.29) is 24.7 Å². The number of hydrogen-bond acceptors (Lipinski definition) is 4. The fourth-order valence-electron chi connectivity index (χ4n) is 1.75. The Kier molecular flexibility index (Phi) is 4.27. The maximum atomic E-state index is 13.6. The Balaban J connectivity index is 2.17. The number of aliphatic hydroxyl groups excluding tert-OH is 1. The molecular formula is C14H12FNO4. The zero-order valence-corrected chi connectivity index (χ0v) is 10.5. The molecule has 0 spiro atoms. The summed E-state index contributed by atoms with van der Waals surface area (Å²) in [5.74, 6) is -0.622. The lowest BCUT2D eigenvalue weighted by atomic mass is 10.2. The van der Waals surface area contributed by atoms with Crippen LogP contribution >= 0.6 is 0 Å². The number of para-hydroxylation sites is 1. The molecule has 2 aromatic carbocycles. The number of aliphatic hydroxyl groups is 1. The van der Waals surface area contributed by atoms with E-state index in [1.54, 1.807) is 12.1 Å². The van der Waals surface area contributed by atoms with E-state index < -0.39 is 10.7 Å². The summed E-state index contributed by atoms with van der Waals surface area (Å²) in [6.07, 6.45) is 0. The van der Waals surface area contributed by atoms with E-state index in [0.29, 0.717) is 11.1 Å². The summed E-state index contributed by atoms with van der Waals surface area (Å²) in [6, 6.07) is 10.2. The van der Waals surface area contributed by atoms with Crippen LogP contribution in [0.2, 0.25) is 0 Å². The molecule has 0 unspecified atom stereocenters. The van der Waals surface area contributed by atoms with Gasteiger partial charge in [0.05, 0.1) is 11.5 Å². The smallest absolute Gasteiger partial charge is 0.269 e. The second-order valence-corrected chi connectivity index (χ2v) is 4.10. The van der Waals surface area contributed by atoms with E-state index in [4.69, 9.17) is 9.84 Å². The van der Waals surface area contributed by atoms with Crippen LogP contribution in [0.4, 0.5) is 10.1 Å². The van der Waals surface area contributed by atoms with E-state index in [9.17, 15) is 14.5 Å². The first-order valence-electron chi connectivity index (χ1n) is 5.86. The predicted octanol–water partition coefficient (Wildman–Crippen LogP) is 2.81. The molecular weight excluding hydrogens is 265 g/mol. The van der Waals surface area contributed by atoms with Gasteiger partial charge in [-0.05, 0) is 11.6 Å². The maximum Gasteiger partial charge on any atom is 0.269 e. The van der Waals surface area contributed by atoms with Gasteiger partial charge in [0.15, 0.2) is 11.6 Å². The van der Waals surface area contributed by atoms with Crippen LogP contribution in [0.15, 0.2) is 42.5 Å². The number of ether oxygens (including phenoxy) is 1. The number of benzene rings is 2. The van der Waals surface area contributed by atoms with Crippen LogP contribution in [0.1, 0.15) is 11.1 Å². The lowest BCUT2D eigenvalue weighted by Crippen LogP contribution is -2.01. The summed E-state index contributed by atoms with van der Waals surface area (Å²) in [4.78, 5) is 10.1. The molecule has 0 saturated heterocycles. The zero-order chi connectivity index (χ0) is 14.5. The average Bonchev–Trinajstić information content (AvgIpc) is 2.46. The highest BCUT2D eigenvalue weighted by molar-refractivity contribution is 5.36. The Morgan fingerprint density at radius 3 is 2.70 bits per heavy atom. The van der Waals surface area contributed by atoms with Gasteiger partial charge in [-0.1, -0.05) is 24.3 Å². The molecule has 0 radical (unpaired) electrons. The number of halogens is 1. The second kappa shape index (κ2) is 6.12. The third-order valence-electron chi connectivity index (χ3n) is 2.72. The molecule has 0 fully saturated rings. The van der Waals surface area contributed by atoms with Gasteiger partial charge in [0.25, 0.3) is 5.69 Å². The van der Waals surface area contributed by atoms with Crippen molar-refractivity contribution in [2.45, 2.75) is 13.2 Å². The van der Waals surface area contributed by atoms with Gasteiger partial charge in [-0.15, -0.1) is 0 Å². The van der Waals surface area contributed by atoms with Gasteiger partial charge in [0, 0.05) is 17.7 Å². The van der Waals surface area contributed by atoms with Gasteiger partial charge >= 0.3 is 0 Å². The molecule has 0 amide bonds. The van der Waals surface area contributed by atoms with Crippen molar-refractivity contribution in [3.05, 3.63) is 69.5 Å². The number of nitro benzene ring substituents is 1. The highest BCUT2D eigenvalue weighted by Gasteiger charge is 2.11. The lowest BCUT2D eigenvalue weighted by Gasteiger charge is -2.10. The van der Waals surface area contributed by atoms with Crippen LogP contribution in [0.3, 0.4) is 0 Å². The summed E-state index contributed by atoms with van der Waals surface area (Å²) in [5.41, 5.74) is 0.823. The molecule has 0 aliphatic carbocycles. The van der Waals surface area contributed by atoms with Crippen molar-refractivity contribution in [2.24, 2.45) is 0 Å². The van der Waals surface area contributed by atoms with Crippen molar-refractivity contribution in [3.8, 4) is 5.75 Å². The first-order chi connectivity index (χ1) is 9.61. The van der Waals surface area contributed by atoms with Gasteiger partial charge in [-0.3, -0.25) is 10.1 Å². The second-order valence-electron chi connectivity index (χ2n) is 4.10. The van der Waals surface area contributed by atoms with Gasteiger partial charge in [-0.2, -0.15) is 0 Å². The zero-order valence-electron chi connectivity index (χ0n) is 10.5. The van der Waals surface area contributed by atoms with Crippen LogP contribution in [0.5, 0.6) is 5.75 Å². The Morgan fingerprint density at radius 2 is 2.00 bits per heavy atom. The van der Waals surface area contributed by atoms with Crippen molar-refractivity contribution in [2.75, 3.05) is 0 Å². The fraction of sp³-hybridized carbons (Fsp3) is 0.143. The number of nitro groups is 1. The highest BCUT2D eigenvalue weighted by atomic mass is 19.1. The molecule has 104 valence electrons. The molecule has 2 aromatic rings. The van der Waals surface area contributed by atoms with Gasteiger partial charge in [-0.25, -0.2) is 4.39 Å². The quantitative estimate of drug-likeness (QED) is 0.673. The van der Waals surface area contributed by atoms with Crippen LogP contribution in [0, 0.1) is 15.9 Å². The summed E-state index contributed by atoms with van der Waals surface area (Å²) >= 11 is 0. The first-order valence-corrected chi connectivity index (χ1v) is 5.86. The van der Waals surface area contributed by atoms with E-state index in [1.807, 2.05) is 0 Å². The van der Waals surface area contributed by atoms with Crippen LogP contribution < -0.4 is 4.74 Å². The van der Waals surface area contributed by atoms with Crippen molar-refractivity contribution < 1.29 is 19.2 Å². The molecule has 20 heavy (non-hydrogen) atoms. The minimum Gasteiger partial charge on any atom is -0.485 e. The van der Waals surface area contributed by atoms with E-state index in [0.717, 1.165) is 0 Å².